The van der Waals surface area contributed by atoms with Crippen LogP contribution >= 0.6 is 0 Å². The summed E-state index contributed by atoms with van der Waals surface area (Å²) in [7, 11) is 0. The molecule has 4 heteroatoms. The van der Waals surface area contributed by atoms with Gasteiger partial charge in [0.1, 0.15) is 0 Å². The number of aromatic nitrogens is 2. The van der Waals surface area contributed by atoms with E-state index in [0.29, 0.717) is 11.7 Å². The molecule has 7 rings (SSSR count). The van der Waals surface area contributed by atoms with Crippen LogP contribution in [-0.4, -0.2) is 10.1 Å². The molecule has 0 atom stereocenters. The standard InChI is InChI=1S/C33H25N3O/c1-33(2)27-14-5-7-16-29(27)36(30-17-8-6-15-28(30)33)24-20-18-23(19-21-24)32-34-31(35-37-32)26-13-9-11-22-10-3-4-12-25(22)26/h3-21H,1-2H3. The molecule has 1 aromatic heterocycles. The predicted octanol–water partition coefficient (Wildman–Crippen LogP) is 8.67. The number of benzene rings is 5. The molecule has 5 aromatic carbocycles. The van der Waals surface area contributed by atoms with E-state index in [1.54, 1.807) is 0 Å². The Kier molecular flexibility index (Phi) is 4.76. The molecule has 1 aliphatic rings. The third-order valence-electron chi connectivity index (χ3n) is 7.47. The molecule has 2 heterocycles. The third-order valence-corrected chi connectivity index (χ3v) is 7.47. The average Bonchev–Trinajstić information content (AvgIpc) is 3.44. The Labute approximate surface area is 215 Å². The summed E-state index contributed by atoms with van der Waals surface area (Å²) >= 11 is 0. The van der Waals surface area contributed by atoms with Crippen LogP contribution in [0.2, 0.25) is 0 Å². The number of rotatable bonds is 3. The average molecular weight is 480 g/mol. The summed E-state index contributed by atoms with van der Waals surface area (Å²) in [5.74, 6) is 1.10. The highest BCUT2D eigenvalue weighted by molar-refractivity contribution is 5.95. The highest BCUT2D eigenvalue weighted by atomic mass is 16.5. The minimum absolute atomic E-state index is 0.0780. The fraction of sp³-hybridized carbons (Fsp3) is 0.0909. The Morgan fingerprint density at radius 3 is 2.00 bits per heavy atom. The molecule has 0 N–H and O–H groups in total. The van der Waals surface area contributed by atoms with Crippen LogP contribution in [0.4, 0.5) is 17.1 Å². The lowest BCUT2D eigenvalue weighted by molar-refractivity contribution is 0.432. The zero-order valence-corrected chi connectivity index (χ0v) is 20.7. The van der Waals surface area contributed by atoms with Crippen LogP contribution in [0.15, 0.2) is 120 Å². The van der Waals surface area contributed by atoms with E-state index in [1.807, 2.05) is 24.3 Å². The third kappa shape index (κ3) is 3.37. The number of hydrogen-bond donors (Lipinski definition) is 0. The SMILES string of the molecule is CC1(C)c2ccccc2N(c2ccc(-c3nc(-c4cccc5ccccc45)no3)cc2)c2ccccc21. The topological polar surface area (TPSA) is 42.2 Å². The van der Waals surface area contributed by atoms with E-state index in [-0.39, 0.29) is 5.41 Å². The summed E-state index contributed by atoms with van der Waals surface area (Å²) < 4.78 is 5.70. The van der Waals surface area contributed by atoms with Gasteiger partial charge in [0.05, 0.1) is 11.4 Å². The number of fused-ring (bicyclic) bond motifs is 3. The smallest absolute Gasteiger partial charge is 0.258 e. The van der Waals surface area contributed by atoms with Crippen molar-refractivity contribution in [3.63, 3.8) is 0 Å². The van der Waals surface area contributed by atoms with Crippen molar-refractivity contribution in [2.75, 3.05) is 4.90 Å². The Morgan fingerprint density at radius 1 is 0.649 bits per heavy atom. The van der Waals surface area contributed by atoms with Gasteiger partial charge in [-0.05, 0) is 58.3 Å². The minimum atomic E-state index is -0.0780. The zero-order chi connectivity index (χ0) is 25.0. The van der Waals surface area contributed by atoms with Crippen molar-refractivity contribution in [1.82, 2.24) is 10.1 Å². The first-order chi connectivity index (χ1) is 18.1. The number of para-hydroxylation sites is 2. The van der Waals surface area contributed by atoms with Gasteiger partial charge < -0.3 is 9.42 Å². The molecule has 0 saturated carbocycles. The van der Waals surface area contributed by atoms with Gasteiger partial charge in [0.25, 0.3) is 5.89 Å². The van der Waals surface area contributed by atoms with Gasteiger partial charge in [-0.25, -0.2) is 0 Å². The zero-order valence-electron chi connectivity index (χ0n) is 20.7. The van der Waals surface area contributed by atoms with Crippen LogP contribution < -0.4 is 4.90 Å². The van der Waals surface area contributed by atoms with Gasteiger partial charge in [0.2, 0.25) is 5.82 Å². The van der Waals surface area contributed by atoms with E-state index >= 15 is 0 Å². The summed E-state index contributed by atoms with van der Waals surface area (Å²) in [5.41, 5.74) is 7.91. The molecule has 0 amide bonds. The van der Waals surface area contributed by atoms with E-state index in [9.17, 15) is 0 Å². The first-order valence-electron chi connectivity index (χ1n) is 12.5. The molecule has 1 aliphatic heterocycles. The molecule has 0 radical (unpaired) electrons. The second-order valence-corrected chi connectivity index (χ2v) is 9.99. The van der Waals surface area contributed by atoms with E-state index in [4.69, 9.17) is 9.51 Å². The first kappa shape index (κ1) is 21.6. The number of hydrogen-bond acceptors (Lipinski definition) is 4. The lowest BCUT2D eigenvalue weighted by atomic mass is 9.73. The fourth-order valence-electron chi connectivity index (χ4n) is 5.57. The Balaban J connectivity index is 1.27. The summed E-state index contributed by atoms with van der Waals surface area (Å²) in [6.45, 7) is 4.60. The molecule has 0 spiro atoms. The fourth-order valence-corrected chi connectivity index (χ4v) is 5.57. The first-order valence-corrected chi connectivity index (χ1v) is 12.5. The maximum Gasteiger partial charge on any atom is 0.258 e. The maximum atomic E-state index is 5.70. The maximum absolute atomic E-state index is 5.70. The largest absolute Gasteiger partial charge is 0.334 e. The van der Waals surface area contributed by atoms with Crippen molar-refractivity contribution in [2.45, 2.75) is 19.3 Å². The number of anilines is 3. The molecule has 0 fully saturated rings. The second-order valence-electron chi connectivity index (χ2n) is 9.99. The molecule has 4 nitrogen and oxygen atoms in total. The molecule has 178 valence electrons. The van der Waals surface area contributed by atoms with Gasteiger partial charge >= 0.3 is 0 Å². The van der Waals surface area contributed by atoms with E-state index in [2.05, 4.69) is 115 Å². The van der Waals surface area contributed by atoms with Gasteiger partial charge in [0, 0.05) is 22.2 Å². The monoisotopic (exact) mass is 479 g/mol. The highest BCUT2D eigenvalue weighted by Gasteiger charge is 2.36. The summed E-state index contributed by atoms with van der Waals surface area (Å²) in [6.07, 6.45) is 0. The van der Waals surface area contributed by atoms with E-state index < -0.39 is 0 Å². The molecular weight excluding hydrogens is 454 g/mol. The summed E-state index contributed by atoms with van der Waals surface area (Å²) in [4.78, 5) is 7.08. The van der Waals surface area contributed by atoms with Crippen molar-refractivity contribution < 1.29 is 4.52 Å². The van der Waals surface area contributed by atoms with Crippen molar-refractivity contribution in [1.29, 1.82) is 0 Å². The quantitative estimate of drug-likeness (QED) is 0.255. The lowest BCUT2D eigenvalue weighted by Crippen LogP contribution is -2.30. The predicted molar refractivity (Wildman–Crippen MR) is 149 cm³/mol. The Bertz CT molecular complexity index is 1710. The van der Waals surface area contributed by atoms with Crippen LogP contribution in [0.3, 0.4) is 0 Å². The van der Waals surface area contributed by atoms with Crippen LogP contribution in [0.1, 0.15) is 25.0 Å². The van der Waals surface area contributed by atoms with Crippen molar-refractivity contribution in [2.24, 2.45) is 0 Å². The highest BCUT2D eigenvalue weighted by Crippen LogP contribution is 2.51. The van der Waals surface area contributed by atoms with Crippen LogP contribution in [0.5, 0.6) is 0 Å². The molecule has 0 aliphatic carbocycles. The number of nitrogens with zero attached hydrogens (tertiary/aromatic N) is 3. The minimum Gasteiger partial charge on any atom is -0.334 e. The van der Waals surface area contributed by atoms with Crippen LogP contribution in [0.25, 0.3) is 33.6 Å². The molecule has 0 bridgehead atoms. The summed E-state index contributed by atoms with van der Waals surface area (Å²) in [6, 6.07) is 40.1. The van der Waals surface area contributed by atoms with Gasteiger partial charge in [-0.2, -0.15) is 4.98 Å². The molecule has 6 aromatic rings. The molecule has 0 saturated heterocycles. The normalized spacial score (nSPS) is 13.8. The van der Waals surface area contributed by atoms with Crippen LogP contribution in [0, 0.1) is 0 Å². The van der Waals surface area contributed by atoms with E-state index in [1.165, 1.54) is 22.5 Å². The lowest BCUT2D eigenvalue weighted by Gasteiger charge is -2.42. The molecule has 37 heavy (non-hydrogen) atoms. The van der Waals surface area contributed by atoms with Crippen molar-refractivity contribution >= 4 is 27.8 Å². The van der Waals surface area contributed by atoms with Crippen LogP contribution in [-0.2, 0) is 5.41 Å². The van der Waals surface area contributed by atoms with Crippen molar-refractivity contribution in [3.8, 4) is 22.8 Å². The van der Waals surface area contributed by atoms with Gasteiger partial charge in [-0.3, -0.25) is 0 Å². The molecule has 0 unspecified atom stereocenters. The Hall–Kier alpha value is -4.70. The summed E-state index contributed by atoms with van der Waals surface area (Å²) in [5, 5.41) is 6.57. The van der Waals surface area contributed by atoms with Gasteiger partial charge in [-0.1, -0.05) is 97.9 Å². The van der Waals surface area contributed by atoms with Gasteiger partial charge in [-0.15, -0.1) is 0 Å². The van der Waals surface area contributed by atoms with Gasteiger partial charge in [0.15, 0.2) is 0 Å². The second kappa shape index (κ2) is 8.17. The van der Waals surface area contributed by atoms with Crippen molar-refractivity contribution in [3.05, 3.63) is 126 Å². The Morgan fingerprint density at radius 2 is 1.27 bits per heavy atom. The molecular formula is C33H25N3O. The van der Waals surface area contributed by atoms with E-state index in [0.717, 1.165) is 27.6 Å².